The van der Waals surface area contributed by atoms with Gasteiger partial charge >= 0.3 is 0 Å². The van der Waals surface area contributed by atoms with Crippen LogP contribution in [0.15, 0.2) is 109 Å². The Morgan fingerprint density at radius 1 is 0.333 bits per heavy atom. The molecule has 0 unspecified atom stereocenters. The van der Waals surface area contributed by atoms with Gasteiger partial charge in [-0.05, 0) is 149 Å². The Kier molecular flexibility index (Phi) is 6.28. The van der Waals surface area contributed by atoms with E-state index in [1.807, 2.05) is 45.3 Å². The molecule has 200 valence electrons. The number of fused-ring (bicyclic) bond motifs is 10. The van der Waals surface area contributed by atoms with E-state index in [9.17, 15) is 0 Å². The van der Waals surface area contributed by atoms with Gasteiger partial charge in [-0.3, -0.25) is 0 Å². The number of benzene rings is 6. The lowest BCUT2D eigenvalue weighted by atomic mass is 10.0. The lowest BCUT2D eigenvalue weighted by molar-refractivity contribution is 1.80. The van der Waals surface area contributed by atoms with Gasteiger partial charge in [0.1, 0.15) is 0 Å². The van der Waals surface area contributed by atoms with Gasteiger partial charge in [-0.2, -0.15) is 0 Å². The minimum absolute atomic E-state index is 1.32. The first-order valence-corrected chi connectivity index (χ1v) is 18.9. The Hall–Kier alpha value is -2.34. The van der Waals surface area contributed by atoms with Crippen LogP contribution in [0.3, 0.4) is 0 Å². The summed E-state index contributed by atoms with van der Waals surface area (Å²) in [5.74, 6) is 0. The van der Waals surface area contributed by atoms with E-state index in [1.165, 1.54) is 87.8 Å². The molecule has 0 radical (unpaired) electrons. The lowest BCUT2D eigenvalue weighted by Gasteiger charge is -2.03. The quantitative estimate of drug-likeness (QED) is 0.105. The highest BCUT2D eigenvalue weighted by molar-refractivity contribution is 14.1. The van der Waals surface area contributed by atoms with Gasteiger partial charge in [0.25, 0.3) is 0 Å². The summed E-state index contributed by atoms with van der Waals surface area (Å²) >= 11 is 12.4. The molecule has 10 rings (SSSR count). The molecule has 4 heterocycles. The minimum atomic E-state index is 1.32. The van der Waals surface area contributed by atoms with Gasteiger partial charge in [-0.1, -0.05) is 48.5 Å². The van der Waals surface area contributed by atoms with Crippen LogP contribution in [0.2, 0.25) is 0 Å². The zero-order valence-electron chi connectivity index (χ0n) is 21.8. The van der Waals surface area contributed by atoms with E-state index in [0.717, 1.165) is 0 Å². The van der Waals surface area contributed by atoms with Gasteiger partial charge in [0, 0.05) is 29.6 Å². The van der Waals surface area contributed by atoms with Gasteiger partial charge in [0.15, 0.2) is 0 Å². The number of rotatable bonds is 0. The highest BCUT2D eigenvalue weighted by Gasteiger charge is 2.11. The highest BCUT2D eigenvalue weighted by atomic mass is 127. The van der Waals surface area contributed by atoms with E-state index < -0.39 is 0 Å². The van der Waals surface area contributed by atoms with E-state index in [4.69, 9.17) is 0 Å². The summed E-state index contributed by atoms with van der Waals surface area (Å²) in [6, 6.07) is 40.4. The third kappa shape index (κ3) is 4.37. The molecule has 0 aliphatic carbocycles. The maximum atomic E-state index is 2.42. The molecule has 4 aromatic heterocycles. The second-order valence-corrected chi connectivity index (χ2v) is 18.5. The van der Waals surface area contributed by atoms with Crippen LogP contribution in [0, 0.1) is 5.77 Å². The molecule has 0 nitrogen and oxygen atoms in total. The molecule has 6 aromatic carbocycles. The molecular weight excluding hydrogens is 814 g/mol. The van der Waals surface area contributed by atoms with Crippen molar-refractivity contribution in [3.63, 3.8) is 0 Å². The second-order valence-electron chi connectivity index (χ2n) is 10.5. The highest BCUT2D eigenvalue weighted by Crippen LogP contribution is 2.43. The normalized spacial score (nSPS) is 12.0. The molecule has 0 aliphatic heterocycles. The van der Waals surface area contributed by atoms with Crippen molar-refractivity contribution in [2.75, 3.05) is 0 Å². The van der Waals surface area contributed by atoms with E-state index in [0.29, 0.717) is 0 Å². The van der Waals surface area contributed by atoms with Gasteiger partial charge in [-0.15, -0.1) is 45.3 Å². The molecule has 0 atom stereocenters. The lowest BCUT2D eigenvalue weighted by Crippen LogP contribution is -1.76. The predicted molar refractivity (Wildman–Crippen MR) is 210 cm³/mol. The van der Waals surface area contributed by atoms with E-state index in [-0.39, 0.29) is 0 Å². The second kappa shape index (κ2) is 10.1. The van der Waals surface area contributed by atoms with Gasteiger partial charge in [0.2, 0.25) is 0 Å². The molecule has 10 aromatic rings. The van der Waals surface area contributed by atoms with Crippen LogP contribution in [-0.4, -0.2) is 0 Å². The van der Waals surface area contributed by atoms with E-state index >= 15 is 0 Å². The summed E-state index contributed by atoms with van der Waals surface area (Å²) in [4.78, 5) is 0. The van der Waals surface area contributed by atoms with Crippen molar-refractivity contribution < 1.29 is 0 Å². The molecule has 0 spiro atoms. The molecule has 6 heteroatoms. The Morgan fingerprint density at radius 2 is 0.690 bits per heavy atom. The van der Waals surface area contributed by atoms with Gasteiger partial charge in [-0.25, -0.2) is 0 Å². The van der Waals surface area contributed by atoms with Crippen LogP contribution in [0.1, 0.15) is 0 Å². The first-order valence-electron chi connectivity index (χ1n) is 13.4. The number of thiophene rings is 4. The molecular formula is C36H18I2S4. The number of halogens is 2. The third-order valence-corrected chi connectivity index (χ3v) is 14.2. The van der Waals surface area contributed by atoms with Gasteiger partial charge in [0.05, 0.1) is 15.2 Å². The number of hydrogen-bond donors (Lipinski definition) is 0. The maximum absolute atomic E-state index is 2.42. The fourth-order valence-corrected chi connectivity index (χ4v) is 12.8. The summed E-state index contributed by atoms with van der Waals surface area (Å²) in [5, 5.41) is 13.4. The van der Waals surface area contributed by atoms with Gasteiger partial charge < -0.3 is 0 Å². The van der Waals surface area contributed by atoms with Crippen molar-refractivity contribution in [1.29, 1.82) is 0 Å². The molecule has 0 N–H and O–H groups in total. The Labute approximate surface area is 284 Å². The van der Waals surface area contributed by atoms with Crippen molar-refractivity contribution in [3.05, 3.63) is 115 Å². The summed E-state index contributed by atoms with van der Waals surface area (Å²) in [6.45, 7) is 0. The van der Waals surface area contributed by atoms with Crippen molar-refractivity contribution in [2.45, 2.75) is 0 Å². The van der Waals surface area contributed by atoms with Crippen LogP contribution in [0.4, 0.5) is 0 Å². The average Bonchev–Trinajstić information content (AvgIpc) is 3.71. The van der Waals surface area contributed by atoms with Crippen LogP contribution in [-0.2, 0) is 0 Å². The van der Waals surface area contributed by atoms with Crippen molar-refractivity contribution in [3.8, 4) is 0 Å². The van der Waals surface area contributed by atoms with Crippen LogP contribution in [0.25, 0.3) is 82.1 Å². The summed E-state index contributed by atoms with van der Waals surface area (Å²) in [7, 11) is 0. The Bertz CT molecular complexity index is 2480. The topological polar surface area (TPSA) is 0 Å². The molecule has 0 saturated heterocycles. The average molecular weight is 833 g/mol. The fourth-order valence-electron chi connectivity index (χ4n) is 5.92. The van der Waals surface area contributed by atoms with Crippen LogP contribution in [0.5, 0.6) is 0 Å². The van der Waals surface area contributed by atoms with Crippen molar-refractivity contribution in [1.82, 2.24) is 0 Å². The predicted octanol–water partition coefficient (Wildman–Crippen LogP) is 14.1. The molecule has 0 aliphatic rings. The third-order valence-electron chi connectivity index (χ3n) is 7.87. The zero-order valence-corrected chi connectivity index (χ0v) is 29.4. The Balaban J connectivity index is 0.000000119. The molecule has 0 amide bonds. The number of hydrogen-bond acceptors (Lipinski definition) is 4. The molecule has 42 heavy (non-hydrogen) atoms. The SMILES string of the molecule is Ic1cc2sc3cc4cc5ccccc5cc4cc3c2s1.Ic1cc2sc3cc4cc5ccccc5cc4cc3c2s1. The van der Waals surface area contributed by atoms with E-state index in [1.54, 1.807) is 0 Å². The molecule has 0 saturated carbocycles. The first-order chi connectivity index (χ1) is 20.6. The van der Waals surface area contributed by atoms with Crippen LogP contribution >= 0.6 is 90.5 Å². The molecule has 0 fully saturated rings. The van der Waals surface area contributed by atoms with Crippen molar-refractivity contribution >= 4 is 173 Å². The zero-order chi connectivity index (χ0) is 27.9. The maximum Gasteiger partial charge on any atom is 0.0674 e. The van der Waals surface area contributed by atoms with Crippen molar-refractivity contribution in [2.24, 2.45) is 0 Å². The smallest absolute Gasteiger partial charge is 0.0674 e. The fraction of sp³-hybridized carbons (Fsp3) is 0. The summed E-state index contributed by atoms with van der Waals surface area (Å²) in [5.41, 5.74) is 0. The summed E-state index contributed by atoms with van der Waals surface area (Å²) in [6.07, 6.45) is 0. The summed E-state index contributed by atoms with van der Waals surface area (Å²) < 4.78 is 11.2. The first kappa shape index (κ1) is 26.1. The minimum Gasteiger partial charge on any atom is -0.134 e. The standard InChI is InChI=1S/2C18H9IS2/c2*19-17-9-16-18(21-17)14-7-12-5-10-3-1-2-4-11(10)6-13(12)8-15(14)20-16/h2*1-9H. The van der Waals surface area contributed by atoms with Crippen LogP contribution < -0.4 is 0 Å². The Morgan fingerprint density at radius 3 is 1.07 bits per heavy atom. The molecule has 0 bridgehead atoms. The monoisotopic (exact) mass is 832 g/mol. The van der Waals surface area contributed by atoms with E-state index in [2.05, 4.69) is 154 Å². The largest absolute Gasteiger partial charge is 0.134 e.